The van der Waals surface area contributed by atoms with Gasteiger partial charge in [-0.15, -0.1) is 0 Å². The minimum Gasteiger partial charge on any atom is -0.397 e. The molecule has 4 nitrogen and oxygen atoms in total. The number of carbonyl (C=O) groups excluding carboxylic acids is 1. The molecule has 0 atom stereocenters. The summed E-state index contributed by atoms with van der Waals surface area (Å²) in [5.41, 5.74) is 8.07. The van der Waals surface area contributed by atoms with Gasteiger partial charge in [0.05, 0.1) is 11.4 Å². The first-order chi connectivity index (χ1) is 8.56. The summed E-state index contributed by atoms with van der Waals surface area (Å²) in [6, 6.07) is 5.39. The first-order valence-electron chi connectivity index (χ1n) is 5.90. The van der Waals surface area contributed by atoms with Crippen molar-refractivity contribution in [3.63, 3.8) is 0 Å². The van der Waals surface area contributed by atoms with Crippen LogP contribution in [0, 0.1) is 0 Å². The van der Waals surface area contributed by atoms with Gasteiger partial charge in [-0.25, -0.2) is 0 Å². The van der Waals surface area contributed by atoms with E-state index in [1.807, 2.05) is 17.8 Å². The van der Waals surface area contributed by atoms with Gasteiger partial charge in [-0.2, -0.15) is 11.8 Å². The summed E-state index contributed by atoms with van der Waals surface area (Å²) in [5, 5.41) is 3.28. The highest BCUT2D eigenvalue weighted by molar-refractivity contribution is 7.98. The second-order valence-electron chi connectivity index (χ2n) is 4.27. The Kier molecular flexibility index (Phi) is 5.85. The average Bonchev–Trinajstić information content (AvgIpc) is 2.35. The van der Waals surface area contributed by atoms with Crippen molar-refractivity contribution >= 4 is 29.0 Å². The molecule has 0 aliphatic carbocycles. The Bertz CT molecular complexity index is 407. The molecule has 0 fully saturated rings. The third kappa shape index (κ3) is 4.14. The Hall–Kier alpha value is -1.36. The fraction of sp³-hybridized carbons (Fsp3) is 0.462. The second kappa shape index (κ2) is 7.16. The van der Waals surface area contributed by atoms with E-state index in [-0.39, 0.29) is 5.91 Å². The van der Waals surface area contributed by atoms with E-state index in [1.54, 1.807) is 31.1 Å². The van der Waals surface area contributed by atoms with Crippen LogP contribution in [-0.2, 0) is 0 Å². The molecule has 0 radical (unpaired) electrons. The molecule has 0 saturated heterocycles. The zero-order valence-corrected chi connectivity index (χ0v) is 12.0. The molecule has 1 aromatic rings. The lowest BCUT2D eigenvalue weighted by molar-refractivity contribution is 0.0827. The molecular weight excluding hydrogens is 246 g/mol. The highest BCUT2D eigenvalue weighted by Crippen LogP contribution is 2.20. The number of amides is 1. The van der Waals surface area contributed by atoms with Gasteiger partial charge in [0.2, 0.25) is 0 Å². The lowest BCUT2D eigenvalue weighted by atomic mass is 10.1. The van der Waals surface area contributed by atoms with Crippen LogP contribution in [0.2, 0.25) is 0 Å². The van der Waals surface area contributed by atoms with Crippen molar-refractivity contribution in [3.8, 4) is 0 Å². The Morgan fingerprint density at radius 3 is 2.72 bits per heavy atom. The zero-order chi connectivity index (χ0) is 13.5. The van der Waals surface area contributed by atoms with Crippen LogP contribution in [0.15, 0.2) is 18.2 Å². The molecule has 100 valence electrons. The van der Waals surface area contributed by atoms with Crippen LogP contribution < -0.4 is 11.1 Å². The molecule has 0 aliphatic rings. The molecule has 1 rings (SSSR count). The highest BCUT2D eigenvalue weighted by Gasteiger charge is 2.09. The van der Waals surface area contributed by atoms with Crippen molar-refractivity contribution in [2.45, 2.75) is 6.42 Å². The van der Waals surface area contributed by atoms with Gasteiger partial charge in [0.15, 0.2) is 0 Å². The molecular formula is C13H21N3OS. The predicted molar refractivity (Wildman–Crippen MR) is 80.4 cm³/mol. The zero-order valence-electron chi connectivity index (χ0n) is 11.2. The molecule has 0 aromatic heterocycles. The lowest BCUT2D eigenvalue weighted by Gasteiger charge is -2.13. The Balaban J connectivity index is 2.65. The van der Waals surface area contributed by atoms with Crippen molar-refractivity contribution in [1.29, 1.82) is 0 Å². The summed E-state index contributed by atoms with van der Waals surface area (Å²) in [5.74, 6) is 1.10. The van der Waals surface area contributed by atoms with Crippen molar-refractivity contribution in [2.24, 2.45) is 0 Å². The number of nitrogens with zero attached hydrogens (tertiary/aromatic N) is 1. The summed E-state index contributed by atoms with van der Waals surface area (Å²) in [7, 11) is 3.46. The van der Waals surface area contributed by atoms with Gasteiger partial charge >= 0.3 is 0 Å². The third-order valence-corrected chi connectivity index (χ3v) is 3.24. The number of benzene rings is 1. The van der Waals surface area contributed by atoms with E-state index in [0.29, 0.717) is 11.3 Å². The van der Waals surface area contributed by atoms with Crippen molar-refractivity contribution in [1.82, 2.24) is 4.90 Å². The topological polar surface area (TPSA) is 58.4 Å². The minimum atomic E-state index is -0.0318. The standard InChI is InChI=1S/C13H21N3OS/c1-16(2)13(17)10-5-6-12(11(14)9-10)15-7-4-8-18-3/h5-6,9,15H,4,7-8,14H2,1-3H3. The molecule has 1 amide bonds. The SMILES string of the molecule is CSCCCNc1ccc(C(=O)N(C)C)cc1N. The van der Waals surface area contributed by atoms with E-state index in [2.05, 4.69) is 11.6 Å². The summed E-state index contributed by atoms with van der Waals surface area (Å²) in [6.07, 6.45) is 3.19. The Morgan fingerprint density at radius 2 is 2.17 bits per heavy atom. The van der Waals surface area contributed by atoms with Gasteiger partial charge in [0, 0.05) is 26.2 Å². The summed E-state index contributed by atoms with van der Waals surface area (Å²) in [4.78, 5) is 13.3. The van der Waals surface area contributed by atoms with E-state index in [9.17, 15) is 4.79 Å². The lowest BCUT2D eigenvalue weighted by Crippen LogP contribution is -2.21. The van der Waals surface area contributed by atoms with Crippen LogP contribution >= 0.6 is 11.8 Å². The number of rotatable bonds is 6. The first-order valence-corrected chi connectivity index (χ1v) is 7.29. The normalized spacial score (nSPS) is 10.2. The van der Waals surface area contributed by atoms with E-state index >= 15 is 0 Å². The number of nitrogens with two attached hydrogens (primary N) is 1. The first kappa shape index (κ1) is 14.7. The van der Waals surface area contributed by atoms with Gasteiger partial charge in [0.1, 0.15) is 0 Å². The molecule has 0 aliphatic heterocycles. The van der Waals surface area contributed by atoms with Gasteiger partial charge in [0.25, 0.3) is 5.91 Å². The Morgan fingerprint density at radius 1 is 1.44 bits per heavy atom. The van der Waals surface area contributed by atoms with Crippen LogP contribution in [0.1, 0.15) is 16.8 Å². The molecule has 5 heteroatoms. The fourth-order valence-corrected chi connectivity index (χ4v) is 1.99. The van der Waals surface area contributed by atoms with Gasteiger partial charge < -0.3 is 16.0 Å². The minimum absolute atomic E-state index is 0.0318. The number of thioether (sulfide) groups is 1. The molecule has 18 heavy (non-hydrogen) atoms. The maximum atomic E-state index is 11.8. The average molecular weight is 267 g/mol. The fourth-order valence-electron chi connectivity index (χ4n) is 1.55. The number of anilines is 2. The van der Waals surface area contributed by atoms with Crippen molar-refractivity contribution < 1.29 is 4.79 Å². The van der Waals surface area contributed by atoms with E-state index in [4.69, 9.17) is 5.73 Å². The number of hydrogen-bond donors (Lipinski definition) is 2. The summed E-state index contributed by atoms with van der Waals surface area (Å²) < 4.78 is 0. The quantitative estimate of drug-likeness (QED) is 0.612. The third-order valence-electron chi connectivity index (χ3n) is 2.55. The molecule has 0 saturated carbocycles. The molecule has 0 spiro atoms. The molecule has 0 unspecified atom stereocenters. The van der Waals surface area contributed by atoms with Crippen LogP contribution in [0.3, 0.4) is 0 Å². The van der Waals surface area contributed by atoms with Crippen molar-refractivity contribution in [2.75, 3.05) is 43.7 Å². The van der Waals surface area contributed by atoms with Crippen LogP contribution in [0.4, 0.5) is 11.4 Å². The van der Waals surface area contributed by atoms with E-state index in [1.165, 1.54) is 0 Å². The number of nitrogen functional groups attached to an aromatic ring is 1. The van der Waals surface area contributed by atoms with Gasteiger partial charge in [-0.05, 0) is 36.6 Å². The number of hydrogen-bond acceptors (Lipinski definition) is 4. The second-order valence-corrected chi connectivity index (χ2v) is 5.26. The molecule has 0 bridgehead atoms. The van der Waals surface area contributed by atoms with Gasteiger partial charge in [-0.1, -0.05) is 0 Å². The molecule has 3 N–H and O–H groups in total. The maximum Gasteiger partial charge on any atom is 0.253 e. The number of carbonyl (C=O) groups is 1. The maximum absolute atomic E-state index is 11.8. The van der Waals surface area contributed by atoms with E-state index in [0.717, 1.165) is 24.4 Å². The summed E-state index contributed by atoms with van der Waals surface area (Å²) >= 11 is 1.83. The highest BCUT2D eigenvalue weighted by atomic mass is 32.2. The van der Waals surface area contributed by atoms with Crippen LogP contribution in [0.5, 0.6) is 0 Å². The smallest absolute Gasteiger partial charge is 0.253 e. The van der Waals surface area contributed by atoms with Crippen molar-refractivity contribution in [3.05, 3.63) is 23.8 Å². The van der Waals surface area contributed by atoms with Crippen LogP contribution in [0.25, 0.3) is 0 Å². The number of nitrogens with one attached hydrogen (secondary N) is 1. The van der Waals surface area contributed by atoms with E-state index < -0.39 is 0 Å². The van der Waals surface area contributed by atoms with Crippen LogP contribution in [-0.4, -0.2) is 43.5 Å². The largest absolute Gasteiger partial charge is 0.397 e. The predicted octanol–water partition coefficient (Wildman–Crippen LogP) is 2.14. The van der Waals surface area contributed by atoms with Gasteiger partial charge in [-0.3, -0.25) is 4.79 Å². The monoisotopic (exact) mass is 267 g/mol. The molecule has 0 heterocycles. The summed E-state index contributed by atoms with van der Waals surface area (Å²) in [6.45, 7) is 0.895. The molecule has 1 aromatic carbocycles. The Labute approximate surface area is 113 Å².